The van der Waals surface area contributed by atoms with Gasteiger partial charge in [-0.15, -0.1) is 11.3 Å². The molecule has 0 aliphatic heterocycles. The van der Waals surface area contributed by atoms with Gasteiger partial charge in [0, 0.05) is 10.9 Å². The summed E-state index contributed by atoms with van der Waals surface area (Å²) in [6.45, 7) is 4.05. The molecule has 6 nitrogen and oxygen atoms in total. The number of hydrogen-bond donors (Lipinski definition) is 1. The predicted octanol–water partition coefficient (Wildman–Crippen LogP) is 4.72. The first-order valence-corrected chi connectivity index (χ1v) is 10.5. The number of anilines is 1. The Morgan fingerprint density at radius 3 is 2.67 bits per heavy atom. The Kier molecular flexibility index (Phi) is 5.63. The zero-order valence-corrected chi connectivity index (χ0v) is 17.5. The van der Waals surface area contributed by atoms with Gasteiger partial charge in [0.2, 0.25) is 5.91 Å². The van der Waals surface area contributed by atoms with Crippen LogP contribution in [0.15, 0.2) is 71.1 Å². The highest BCUT2D eigenvalue weighted by atomic mass is 32.1. The van der Waals surface area contributed by atoms with Gasteiger partial charge in [-0.2, -0.15) is 0 Å². The number of nitrogens with zero attached hydrogens (tertiary/aromatic N) is 2. The van der Waals surface area contributed by atoms with E-state index in [0.29, 0.717) is 28.3 Å². The molecule has 4 aromatic rings. The number of ether oxygens (including phenoxy) is 1. The molecule has 0 bridgehead atoms. The number of fused-ring (bicyclic) bond motifs is 1. The van der Waals surface area contributed by atoms with Crippen LogP contribution in [0.5, 0.6) is 5.75 Å². The van der Waals surface area contributed by atoms with Crippen LogP contribution in [-0.4, -0.2) is 22.1 Å². The van der Waals surface area contributed by atoms with Crippen LogP contribution in [-0.2, 0) is 4.79 Å². The van der Waals surface area contributed by atoms with E-state index in [1.165, 1.54) is 22.2 Å². The van der Waals surface area contributed by atoms with Crippen molar-refractivity contribution in [3.8, 4) is 16.9 Å². The van der Waals surface area contributed by atoms with E-state index in [2.05, 4.69) is 10.3 Å². The molecule has 1 N–H and O–H groups in total. The van der Waals surface area contributed by atoms with E-state index in [1.54, 1.807) is 19.1 Å². The number of aromatic nitrogens is 2. The van der Waals surface area contributed by atoms with Gasteiger partial charge in [0.15, 0.2) is 0 Å². The standard InChI is InChI=1S/C23H21N3O3S/c1-3-29-19-12-8-7-11-18(19)25-21(27)15(2)26-14-24-22-20(23(26)28)17(13-30-22)16-9-5-4-6-10-16/h4-15H,3H2,1-2H3,(H,25,27)/t15-/m1/s1. The van der Waals surface area contributed by atoms with Crippen LogP contribution in [0.2, 0.25) is 0 Å². The zero-order valence-electron chi connectivity index (χ0n) is 16.7. The Bertz CT molecular complexity index is 1250. The molecule has 0 unspecified atom stereocenters. The monoisotopic (exact) mass is 419 g/mol. The zero-order chi connectivity index (χ0) is 21.1. The van der Waals surface area contributed by atoms with E-state index in [1.807, 2.05) is 54.8 Å². The summed E-state index contributed by atoms with van der Waals surface area (Å²) in [7, 11) is 0. The van der Waals surface area contributed by atoms with Gasteiger partial charge in [-0.05, 0) is 31.5 Å². The molecular formula is C23H21N3O3S. The predicted molar refractivity (Wildman–Crippen MR) is 120 cm³/mol. The Morgan fingerprint density at radius 2 is 1.90 bits per heavy atom. The van der Waals surface area contributed by atoms with Crippen molar-refractivity contribution in [3.63, 3.8) is 0 Å². The van der Waals surface area contributed by atoms with Gasteiger partial charge >= 0.3 is 0 Å². The number of hydrogen-bond acceptors (Lipinski definition) is 5. The summed E-state index contributed by atoms with van der Waals surface area (Å²) in [6, 6.07) is 16.2. The van der Waals surface area contributed by atoms with E-state index in [9.17, 15) is 9.59 Å². The van der Waals surface area contributed by atoms with Crippen LogP contribution >= 0.6 is 11.3 Å². The van der Waals surface area contributed by atoms with E-state index < -0.39 is 6.04 Å². The van der Waals surface area contributed by atoms with Gasteiger partial charge < -0.3 is 10.1 Å². The number of nitrogens with one attached hydrogen (secondary N) is 1. The Hall–Kier alpha value is -3.45. The molecule has 2 heterocycles. The fourth-order valence-electron chi connectivity index (χ4n) is 3.27. The van der Waals surface area contributed by atoms with Crippen LogP contribution in [0, 0.1) is 0 Å². The number of carbonyl (C=O) groups excluding carboxylic acids is 1. The highest BCUT2D eigenvalue weighted by Crippen LogP contribution is 2.31. The molecule has 1 atom stereocenters. The third kappa shape index (κ3) is 3.71. The summed E-state index contributed by atoms with van der Waals surface area (Å²) in [5.74, 6) is 0.271. The van der Waals surface area contributed by atoms with Crippen molar-refractivity contribution in [2.24, 2.45) is 0 Å². The van der Waals surface area contributed by atoms with Gasteiger partial charge in [-0.25, -0.2) is 4.98 Å². The smallest absolute Gasteiger partial charge is 0.263 e. The highest BCUT2D eigenvalue weighted by molar-refractivity contribution is 7.17. The first kappa shape index (κ1) is 19.8. The topological polar surface area (TPSA) is 73.2 Å². The molecule has 0 radical (unpaired) electrons. The maximum Gasteiger partial charge on any atom is 0.263 e. The van der Waals surface area contributed by atoms with Crippen molar-refractivity contribution in [3.05, 3.63) is 76.7 Å². The van der Waals surface area contributed by atoms with Crippen LogP contribution in [0.3, 0.4) is 0 Å². The lowest BCUT2D eigenvalue weighted by Crippen LogP contribution is -2.31. The van der Waals surface area contributed by atoms with Crippen molar-refractivity contribution in [2.45, 2.75) is 19.9 Å². The molecule has 2 aromatic carbocycles. The lowest BCUT2D eigenvalue weighted by molar-refractivity contribution is -0.118. The number of rotatable bonds is 6. The summed E-state index contributed by atoms with van der Waals surface area (Å²) in [5, 5.41) is 5.32. The summed E-state index contributed by atoms with van der Waals surface area (Å²) in [6.07, 6.45) is 1.44. The first-order valence-electron chi connectivity index (χ1n) is 9.66. The second-order valence-corrected chi connectivity index (χ2v) is 7.61. The van der Waals surface area contributed by atoms with Gasteiger partial charge in [0.1, 0.15) is 16.6 Å². The Labute approximate surface area is 177 Å². The largest absolute Gasteiger partial charge is 0.492 e. The normalized spacial score (nSPS) is 11.9. The molecule has 0 saturated carbocycles. The quantitative estimate of drug-likeness (QED) is 0.491. The van der Waals surface area contributed by atoms with Crippen LogP contribution in [0.25, 0.3) is 21.3 Å². The van der Waals surface area contributed by atoms with Gasteiger partial charge in [-0.3, -0.25) is 14.2 Å². The van der Waals surface area contributed by atoms with Crippen molar-refractivity contribution in [1.82, 2.24) is 9.55 Å². The second kappa shape index (κ2) is 8.51. The summed E-state index contributed by atoms with van der Waals surface area (Å²) < 4.78 is 6.94. The van der Waals surface area contributed by atoms with Crippen molar-refractivity contribution < 1.29 is 9.53 Å². The second-order valence-electron chi connectivity index (χ2n) is 6.75. The average molecular weight is 420 g/mol. The van der Waals surface area contributed by atoms with E-state index >= 15 is 0 Å². The van der Waals surface area contributed by atoms with Crippen molar-refractivity contribution in [2.75, 3.05) is 11.9 Å². The number of amides is 1. The van der Waals surface area contributed by atoms with Gasteiger partial charge in [0.05, 0.1) is 24.0 Å². The molecule has 0 aliphatic carbocycles. The van der Waals surface area contributed by atoms with Crippen LogP contribution in [0.1, 0.15) is 19.9 Å². The van der Waals surface area contributed by atoms with E-state index in [0.717, 1.165) is 11.1 Å². The lowest BCUT2D eigenvalue weighted by atomic mass is 10.1. The number of para-hydroxylation sites is 2. The van der Waals surface area contributed by atoms with Crippen LogP contribution < -0.4 is 15.6 Å². The van der Waals surface area contributed by atoms with Crippen LogP contribution in [0.4, 0.5) is 5.69 Å². The minimum absolute atomic E-state index is 0.235. The third-order valence-electron chi connectivity index (χ3n) is 4.85. The van der Waals surface area contributed by atoms with Crippen molar-refractivity contribution >= 4 is 33.1 Å². The third-order valence-corrected chi connectivity index (χ3v) is 5.73. The summed E-state index contributed by atoms with van der Waals surface area (Å²) in [4.78, 5) is 31.3. The lowest BCUT2D eigenvalue weighted by Gasteiger charge is -2.17. The molecule has 7 heteroatoms. The minimum atomic E-state index is -0.743. The Balaban J connectivity index is 1.69. The maximum atomic E-state index is 13.3. The molecular weight excluding hydrogens is 398 g/mol. The first-order chi connectivity index (χ1) is 14.6. The number of thiophene rings is 1. The molecule has 1 amide bonds. The number of carbonyl (C=O) groups is 1. The summed E-state index contributed by atoms with van der Waals surface area (Å²) in [5.41, 5.74) is 2.11. The van der Waals surface area contributed by atoms with Gasteiger partial charge in [-0.1, -0.05) is 42.5 Å². The fraction of sp³-hybridized carbons (Fsp3) is 0.174. The Morgan fingerprint density at radius 1 is 1.17 bits per heavy atom. The molecule has 0 saturated heterocycles. The highest BCUT2D eigenvalue weighted by Gasteiger charge is 2.21. The van der Waals surface area contributed by atoms with Gasteiger partial charge in [0.25, 0.3) is 5.56 Å². The molecule has 0 spiro atoms. The maximum absolute atomic E-state index is 13.3. The number of benzene rings is 2. The summed E-state index contributed by atoms with van der Waals surface area (Å²) >= 11 is 1.42. The molecule has 4 rings (SSSR count). The average Bonchev–Trinajstić information content (AvgIpc) is 3.21. The van der Waals surface area contributed by atoms with Crippen molar-refractivity contribution in [1.29, 1.82) is 0 Å². The van der Waals surface area contributed by atoms with E-state index in [4.69, 9.17) is 4.74 Å². The van der Waals surface area contributed by atoms with E-state index in [-0.39, 0.29) is 11.5 Å². The molecule has 0 aliphatic rings. The molecule has 152 valence electrons. The fourth-order valence-corrected chi connectivity index (χ4v) is 4.17. The molecule has 0 fully saturated rings. The SMILES string of the molecule is CCOc1ccccc1NC(=O)[C@@H](C)n1cnc2scc(-c3ccccc3)c2c1=O. The molecule has 30 heavy (non-hydrogen) atoms. The minimum Gasteiger partial charge on any atom is -0.492 e. The molecule has 2 aromatic heterocycles.